The van der Waals surface area contributed by atoms with Crippen LogP contribution < -0.4 is 0 Å². The second-order valence-corrected chi connectivity index (χ2v) is 9.26. The number of hydrogen-bond acceptors (Lipinski definition) is 4. The summed E-state index contributed by atoms with van der Waals surface area (Å²) in [6.45, 7) is 0. The highest BCUT2D eigenvalue weighted by atomic mass is 31.2. The molecule has 25 heavy (non-hydrogen) atoms. The number of aliphatic carboxylic acids is 2. The van der Waals surface area contributed by atoms with Gasteiger partial charge in [-0.1, -0.05) is 30.3 Å². The van der Waals surface area contributed by atoms with Gasteiger partial charge in [-0.3, -0.25) is 18.7 Å². The van der Waals surface area contributed by atoms with Crippen molar-refractivity contribution < 1.29 is 48.5 Å². The minimum absolute atomic E-state index is 0.133. The molecule has 2 atom stereocenters. The molecule has 1 rings (SSSR count). The minimum Gasteiger partial charge on any atom is -0.481 e. The van der Waals surface area contributed by atoms with E-state index < -0.39 is 50.8 Å². The number of carboxylic acid groups (broad SMARTS) is 2. The zero-order valence-corrected chi connectivity index (χ0v) is 14.6. The van der Waals surface area contributed by atoms with Crippen molar-refractivity contribution in [2.75, 3.05) is 0 Å². The lowest BCUT2D eigenvalue weighted by Gasteiger charge is -2.32. The highest BCUT2D eigenvalue weighted by Crippen LogP contribution is 2.59. The smallest absolute Gasteiger partial charge is 0.342 e. The fourth-order valence-corrected chi connectivity index (χ4v) is 4.41. The van der Waals surface area contributed by atoms with Crippen LogP contribution in [0.1, 0.15) is 18.4 Å². The van der Waals surface area contributed by atoms with Crippen molar-refractivity contribution in [1.82, 2.24) is 0 Å². The average molecular weight is 396 g/mol. The quantitative estimate of drug-likeness (QED) is 0.323. The Labute approximate surface area is 142 Å². The standard InChI is InChI=1S/C13H18O10P2/c14-11(15)10(24(18,19)20)8-13(12(16)17,25(21,22)23)7-6-9-4-2-1-3-5-9/h1-5,10H,6-8H2,(H,14,15)(H,16,17)(H2,18,19,20)(H2,21,22,23). The largest absolute Gasteiger partial charge is 0.481 e. The maximum absolute atomic E-state index is 11.9. The second-order valence-electron chi connectivity index (χ2n) is 5.51. The summed E-state index contributed by atoms with van der Waals surface area (Å²) in [5.74, 6) is -4.05. The van der Waals surface area contributed by atoms with Crippen LogP contribution in [0.25, 0.3) is 0 Å². The fraction of sp³-hybridized carbons (Fsp3) is 0.385. The molecule has 0 aliphatic carbocycles. The van der Waals surface area contributed by atoms with Crippen LogP contribution in [0.2, 0.25) is 0 Å². The van der Waals surface area contributed by atoms with E-state index in [0.29, 0.717) is 5.56 Å². The third kappa shape index (κ3) is 5.22. The van der Waals surface area contributed by atoms with Crippen molar-refractivity contribution in [3.63, 3.8) is 0 Å². The molecule has 0 aliphatic heterocycles. The average Bonchev–Trinajstić information content (AvgIpc) is 2.45. The molecule has 0 bridgehead atoms. The molecule has 0 heterocycles. The van der Waals surface area contributed by atoms with Gasteiger partial charge in [-0.05, 0) is 24.8 Å². The fourth-order valence-electron chi connectivity index (χ4n) is 2.35. The van der Waals surface area contributed by atoms with Crippen LogP contribution in [0.4, 0.5) is 0 Å². The number of rotatable bonds is 9. The van der Waals surface area contributed by atoms with E-state index in [4.69, 9.17) is 14.9 Å². The lowest BCUT2D eigenvalue weighted by atomic mass is 9.93. The van der Waals surface area contributed by atoms with E-state index >= 15 is 0 Å². The van der Waals surface area contributed by atoms with E-state index in [1.165, 1.54) is 0 Å². The highest BCUT2D eigenvalue weighted by molar-refractivity contribution is 7.55. The molecular formula is C13H18O10P2. The summed E-state index contributed by atoms with van der Waals surface area (Å²) in [4.78, 5) is 60.1. The summed E-state index contributed by atoms with van der Waals surface area (Å²) in [7, 11) is -10.8. The van der Waals surface area contributed by atoms with E-state index in [2.05, 4.69) is 0 Å². The molecule has 0 amide bonds. The molecule has 0 saturated carbocycles. The van der Waals surface area contributed by atoms with E-state index in [1.807, 2.05) is 0 Å². The van der Waals surface area contributed by atoms with Gasteiger partial charge < -0.3 is 29.8 Å². The molecule has 0 aromatic heterocycles. The van der Waals surface area contributed by atoms with Crippen molar-refractivity contribution in [1.29, 1.82) is 0 Å². The maximum atomic E-state index is 11.9. The molecule has 0 radical (unpaired) electrons. The Hall–Kier alpha value is -1.54. The minimum atomic E-state index is -5.47. The first-order valence-corrected chi connectivity index (χ1v) is 10.2. The van der Waals surface area contributed by atoms with Crippen LogP contribution in [-0.4, -0.2) is 52.5 Å². The van der Waals surface area contributed by atoms with Crippen LogP contribution in [0.5, 0.6) is 0 Å². The topological polar surface area (TPSA) is 190 Å². The summed E-state index contributed by atoms with van der Waals surface area (Å²) in [5, 5.41) is 15.4. The lowest BCUT2D eigenvalue weighted by molar-refractivity contribution is -0.142. The Bertz CT molecular complexity index is 722. The first-order chi connectivity index (χ1) is 11.3. The Morgan fingerprint density at radius 2 is 1.52 bits per heavy atom. The first kappa shape index (κ1) is 21.5. The number of aryl methyl sites for hydroxylation is 1. The number of carboxylic acids is 2. The lowest BCUT2D eigenvalue weighted by Crippen LogP contribution is -2.44. The maximum Gasteiger partial charge on any atom is 0.342 e. The first-order valence-electron chi connectivity index (χ1n) is 6.92. The van der Waals surface area contributed by atoms with Crippen LogP contribution in [0.15, 0.2) is 30.3 Å². The Morgan fingerprint density at radius 1 is 1.00 bits per heavy atom. The van der Waals surface area contributed by atoms with Crippen LogP contribution in [0.3, 0.4) is 0 Å². The molecule has 6 N–H and O–H groups in total. The van der Waals surface area contributed by atoms with Gasteiger partial charge in [0.25, 0.3) is 0 Å². The van der Waals surface area contributed by atoms with Gasteiger partial charge in [0, 0.05) is 0 Å². The molecule has 140 valence electrons. The Kier molecular flexibility index (Phi) is 6.69. The van der Waals surface area contributed by atoms with Gasteiger partial charge in [-0.15, -0.1) is 0 Å². The summed E-state index contributed by atoms with van der Waals surface area (Å²) >= 11 is 0. The molecule has 2 unspecified atom stereocenters. The van der Waals surface area contributed by atoms with Crippen LogP contribution in [-0.2, 0) is 25.1 Å². The van der Waals surface area contributed by atoms with Gasteiger partial charge in [0.2, 0.25) is 0 Å². The number of hydrogen-bond donors (Lipinski definition) is 6. The third-order valence-corrected chi connectivity index (χ3v) is 6.78. The van der Waals surface area contributed by atoms with Crippen LogP contribution >= 0.6 is 15.2 Å². The number of carbonyl (C=O) groups is 2. The second kappa shape index (κ2) is 7.78. The summed E-state index contributed by atoms with van der Waals surface area (Å²) in [6.07, 6.45) is -2.23. The molecule has 1 aromatic carbocycles. The summed E-state index contributed by atoms with van der Waals surface area (Å²) in [6, 6.07) is 8.05. The summed E-state index contributed by atoms with van der Waals surface area (Å²) in [5.41, 5.74) is -2.02. The molecule has 0 saturated heterocycles. The van der Waals surface area contributed by atoms with Gasteiger partial charge in [0.15, 0.2) is 10.8 Å². The van der Waals surface area contributed by atoms with Gasteiger partial charge in [0.1, 0.15) is 0 Å². The third-order valence-electron chi connectivity index (χ3n) is 3.85. The number of benzene rings is 1. The highest BCUT2D eigenvalue weighted by Gasteiger charge is 2.57. The summed E-state index contributed by atoms with van der Waals surface area (Å²) < 4.78 is 23.2. The van der Waals surface area contributed by atoms with E-state index in [1.54, 1.807) is 30.3 Å². The molecular weight excluding hydrogens is 378 g/mol. The van der Waals surface area contributed by atoms with E-state index in [9.17, 15) is 33.6 Å². The predicted molar refractivity (Wildman–Crippen MR) is 85.3 cm³/mol. The van der Waals surface area contributed by atoms with Gasteiger partial charge in [0.05, 0.1) is 0 Å². The van der Waals surface area contributed by atoms with Gasteiger partial charge in [-0.2, -0.15) is 0 Å². The van der Waals surface area contributed by atoms with Crippen molar-refractivity contribution in [2.24, 2.45) is 0 Å². The molecule has 12 heteroatoms. The SMILES string of the molecule is O=C(O)C(CC(CCc1ccccc1)(C(=O)O)P(=O)(O)O)P(=O)(O)O. The zero-order valence-electron chi connectivity index (χ0n) is 12.8. The van der Waals surface area contributed by atoms with Crippen molar-refractivity contribution in [3.05, 3.63) is 35.9 Å². The molecule has 10 nitrogen and oxygen atoms in total. The molecule has 1 aromatic rings. The van der Waals surface area contributed by atoms with Gasteiger partial charge >= 0.3 is 27.1 Å². The molecule has 0 fully saturated rings. The van der Waals surface area contributed by atoms with E-state index in [0.717, 1.165) is 0 Å². The zero-order chi connectivity index (χ0) is 19.5. The van der Waals surface area contributed by atoms with Gasteiger partial charge in [-0.25, -0.2) is 0 Å². The Balaban J connectivity index is 3.32. The monoisotopic (exact) mass is 396 g/mol. The van der Waals surface area contributed by atoms with Crippen molar-refractivity contribution in [3.8, 4) is 0 Å². The van der Waals surface area contributed by atoms with E-state index in [-0.39, 0.29) is 6.42 Å². The van der Waals surface area contributed by atoms with Crippen molar-refractivity contribution in [2.45, 2.75) is 30.1 Å². The van der Waals surface area contributed by atoms with Crippen molar-refractivity contribution >= 4 is 27.1 Å². The molecule has 0 aliphatic rings. The molecule has 0 spiro atoms. The predicted octanol–water partition coefficient (Wildman–Crippen LogP) is 0.641. The van der Waals surface area contributed by atoms with Crippen LogP contribution in [0, 0.1) is 0 Å². The Morgan fingerprint density at radius 3 is 1.88 bits per heavy atom. The normalized spacial score (nSPS) is 16.0.